The Hall–Kier alpha value is -8.80. The Kier molecular flexibility index (Phi) is 42.9. The van der Waals surface area contributed by atoms with Gasteiger partial charge < -0.3 is 63.4 Å². The number of esters is 7. The van der Waals surface area contributed by atoms with Gasteiger partial charge in [0.2, 0.25) is 6.10 Å². The summed E-state index contributed by atoms with van der Waals surface area (Å²) in [6, 6.07) is 41.2. The van der Waals surface area contributed by atoms with Crippen LogP contribution in [-0.2, 0) is 88.3 Å². The van der Waals surface area contributed by atoms with Gasteiger partial charge in [0.15, 0.2) is 29.0 Å². The van der Waals surface area contributed by atoms with E-state index in [9.17, 15) is 88.4 Å². The lowest BCUT2D eigenvalue weighted by Crippen LogP contribution is -2.57. The maximum Gasteiger partial charge on any atom is 0.421 e. The molecule has 770 valence electrons. The van der Waals surface area contributed by atoms with Gasteiger partial charge in [-0.05, 0) is 294 Å². The molecule has 5 aromatic carbocycles. The van der Waals surface area contributed by atoms with Crippen LogP contribution in [0.3, 0.4) is 0 Å². The monoisotopic (exact) mass is 1940 g/mol. The number of ether oxygens (including phenoxy) is 8. The summed E-state index contributed by atoms with van der Waals surface area (Å²) < 4.78 is 161. The number of phenolic OH excluding ortho intramolecular Hbond substituents is 2. The van der Waals surface area contributed by atoms with Gasteiger partial charge in [-0.1, -0.05) is 185 Å². The number of carbonyl (C=O) groups excluding carboxylic acids is 7. The van der Waals surface area contributed by atoms with Crippen molar-refractivity contribution in [3.8, 4) is 11.5 Å². The zero-order valence-electron chi connectivity index (χ0n) is 84.9. The number of carbonyl (C=O) groups is 7. The lowest BCUT2D eigenvalue weighted by molar-refractivity contribution is -0.299. The Labute approximate surface area is 806 Å². The Morgan fingerprint density at radius 3 is 1.05 bits per heavy atom. The number of phenols is 2. The summed E-state index contributed by atoms with van der Waals surface area (Å²) in [4.78, 5) is 83.3. The summed E-state index contributed by atoms with van der Waals surface area (Å²) in [6.07, 6.45) is -3.66. The van der Waals surface area contributed by atoms with Crippen LogP contribution in [0.15, 0.2) is 133 Å². The van der Waals surface area contributed by atoms with E-state index in [1.165, 1.54) is 23.3 Å². The third-order valence-electron chi connectivity index (χ3n) is 29.4. The second kappa shape index (κ2) is 49.5. The van der Waals surface area contributed by atoms with E-state index in [2.05, 4.69) is 52.0 Å². The van der Waals surface area contributed by atoms with Crippen LogP contribution in [0.2, 0.25) is 0 Å². The summed E-state index contributed by atoms with van der Waals surface area (Å²) >= 11 is 0. The second-order valence-electron chi connectivity index (χ2n) is 41.4. The van der Waals surface area contributed by atoms with E-state index < -0.39 is 130 Å². The molecular formula is C108H155F9O20. The van der Waals surface area contributed by atoms with E-state index in [1.54, 1.807) is 71.0 Å². The van der Waals surface area contributed by atoms with Crippen molar-refractivity contribution in [3.05, 3.63) is 167 Å². The van der Waals surface area contributed by atoms with E-state index in [0.29, 0.717) is 81.8 Å². The molecule has 2 bridgehead atoms. The van der Waals surface area contributed by atoms with Crippen LogP contribution in [-0.4, -0.2) is 140 Å². The molecule has 0 amide bonds. The highest BCUT2D eigenvalue weighted by molar-refractivity contribution is 5.83. The van der Waals surface area contributed by atoms with Crippen molar-refractivity contribution in [2.45, 2.75) is 402 Å². The van der Waals surface area contributed by atoms with Crippen molar-refractivity contribution < 1.29 is 137 Å². The SMILES string of the molecule is CCC(C)(C)C(=O)OC1(c2ccccc2)CCCC1.CCC(C)(C)C(=O)OC1(c2ccccc2)CCCC1.CCC(C)(C)C(=O)OC1C2CC3C(=O)OC1C3O2.CCC(C)(C)C(=O)OC1CC(C(C)(O)C(F)(F)F)CC(C(C)(O)C(F)(F)F)C1.CCC(C)(C)C(=O)OC1CCOC1=O.CCC(C)c1ccc(C(C)(O)C(F)(F)F)cc1.CCC(C)c1ccc(O)cc1.CCC(C)c1ccc(O)cc1. The molecule has 4 saturated heterocycles. The molecular weight excluding hydrogens is 1790 g/mol. The van der Waals surface area contributed by atoms with Gasteiger partial charge in [-0.3, -0.25) is 28.8 Å². The average Bonchev–Trinajstić information content (AvgIpc) is 1.58. The van der Waals surface area contributed by atoms with Crippen molar-refractivity contribution >= 4 is 41.8 Å². The molecule has 137 heavy (non-hydrogen) atoms. The molecule has 14 unspecified atom stereocenters. The van der Waals surface area contributed by atoms with Gasteiger partial charge in [-0.15, -0.1) is 0 Å². The molecule has 0 spiro atoms. The molecule has 5 aromatic rings. The van der Waals surface area contributed by atoms with Crippen molar-refractivity contribution in [2.75, 3.05) is 6.61 Å². The summed E-state index contributed by atoms with van der Waals surface area (Å²) in [5.41, 5.74) is -7.21. The largest absolute Gasteiger partial charge is 0.508 e. The molecule has 14 atom stereocenters. The standard InChI is InChI=1S/C18H28F6O4.2C17H24O2.C13H17F3O.C13H18O5.C10H16O4.2C10H14O/c1-6-14(2,3)13(25)28-12-8-10(15(4,26)17(19,20)21)7-11(9-12)16(5,27)18(22,23)24;2*1-4-16(2,3)15(18)19-17(12-8-9-13-17)14-10-6-5-7-11-14;1-4-9(2)10-5-7-11(8-6-10)12(3,17)13(14,15)16;1-4-13(2,3)12(15)18-9-7-5-6-8(16-7)10(9)17-11(6)14;1-4-10(2,3)9(12)14-7-5-6-13-8(7)11;2*1-3-8(2)9-4-6-10(11)7-5-9/h10-12,26-27H,6-9H2,1-5H3;2*5-7,10-11H,4,8-9,12-13H2,1-3H3;5-9,17H,4H2,1-3H3;6-10H,4-5H2,1-3H3;7H,4-6H2,1-3H3;2*4-8,11H,3H2,1-2H3. The number of fused-ring (bicyclic) bond motifs is 1. The Morgan fingerprint density at radius 1 is 0.409 bits per heavy atom. The Bertz CT molecular complexity index is 4420. The van der Waals surface area contributed by atoms with Gasteiger partial charge in [0, 0.05) is 18.3 Å². The van der Waals surface area contributed by atoms with Gasteiger partial charge in [-0.2, -0.15) is 39.5 Å². The zero-order chi connectivity index (χ0) is 104. The van der Waals surface area contributed by atoms with Crippen LogP contribution >= 0.6 is 0 Å². The molecule has 0 aromatic heterocycles. The molecule has 20 nitrogen and oxygen atoms in total. The number of alkyl halides is 9. The topological polar surface area (TPSA) is 294 Å². The highest BCUT2D eigenvalue weighted by atomic mass is 19.4. The minimum Gasteiger partial charge on any atom is -0.508 e. The van der Waals surface area contributed by atoms with E-state index >= 15 is 0 Å². The normalized spacial score (nSPS) is 22.9. The molecule has 12 rings (SSSR count). The number of cyclic esters (lactones) is 1. The summed E-state index contributed by atoms with van der Waals surface area (Å²) in [7, 11) is 0. The fourth-order valence-corrected chi connectivity index (χ4v) is 15.8. The summed E-state index contributed by atoms with van der Waals surface area (Å²) in [5.74, 6) is -3.42. The van der Waals surface area contributed by atoms with Gasteiger partial charge in [0.25, 0.3) is 0 Å². The Morgan fingerprint density at radius 2 is 0.737 bits per heavy atom. The predicted octanol–water partition coefficient (Wildman–Crippen LogP) is 25.4. The zero-order valence-corrected chi connectivity index (χ0v) is 84.9. The van der Waals surface area contributed by atoms with E-state index in [1.807, 2.05) is 144 Å². The first-order chi connectivity index (χ1) is 63.3. The van der Waals surface area contributed by atoms with Crippen molar-refractivity contribution in [3.63, 3.8) is 0 Å². The van der Waals surface area contributed by atoms with Crippen LogP contribution in [0, 0.1) is 44.8 Å². The smallest absolute Gasteiger partial charge is 0.421 e. The minimum absolute atomic E-state index is 0.0687. The van der Waals surface area contributed by atoms with Crippen molar-refractivity contribution in [1.82, 2.24) is 0 Å². The maximum atomic E-state index is 13.3. The molecule has 0 radical (unpaired) electrons. The molecule has 4 aliphatic heterocycles. The molecule has 29 heteroatoms. The minimum atomic E-state index is -5.10. The third-order valence-corrected chi connectivity index (χ3v) is 29.4. The first kappa shape index (κ1) is 119. The van der Waals surface area contributed by atoms with Crippen LogP contribution in [0.1, 0.15) is 352 Å². The second-order valence-corrected chi connectivity index (χ2v) is 41.4. The molecule has 4 heterocycles. The highest BCUT2D eigenvalue weighted by Gasteiger charge is 2.66. The molecule has 7 aliphatic rings. The first-order valence-electron chi connectivity index (χ1n) is 48.6. The molecule has 7 fully saturated rings. The van der Waals surface area contributed by atoms with Crippen LogP contribution < -0.4 is 0 Å². The van der Waals surface area contributed by atoms with Gasteiger partial charge in [-0.25, -0.2) is 4.79 Å². The third kappa shape index (κ3) is 31.6. The Balaban J connectivity index is 0.000000281. The van der Waals surface area contributed by atoms with Gasteiger partial charge in [0.1, 0.15) is 34.9 Å². The van der Waals surface area contributed by atoms with Gasteiger partial charge >= 0.3 is 60.3 Å². The fourth-order valence-electron chi connectivity index (χ4n) is 15.8. The molecule has 3 aliphatic carbocycles. The number of aliphatic hydroxyl groups is 3. The summed E-state index contributed by atoms with van der Waals surface area (Å²) in [6.45, 7) is 42.7. The van der Waals surface area contributed by atoms with Crippen LogP contribution in [0.5, 0.6) is 11.5 Å². The van der Waals surface area contributed by atoms with Crippen LogP contribution in [0.4, 0.5) is 39.5 Å². The number of hydrogen-bond acceptors (Lipinski definition) is 20. The van der Waals surface area contributed by atoms with Crippen molar-refractivity contribution in [1.29, 1.82) is 0 Å². The van der Waals surface area contributed by atoms with Crippen LogP contribution in [0.25, 0.3) is 0 Å². The number of hydrogen-bond donors (Lipinski definition) is 5. The van der Waals surface area contributed by atoms with Gasteiger partial charge in [0.05, 0.1) is 45.7 Å². The van der Waals surface area contributed by atoms with E-state index in [-0.39, 0.29) is 64.7 Å². The van der Waals surface area contributed by atoms with E-state index in [4.69, 9.17) is 48.1 Å². The quantitative estimate of drug-likeness (QED) is 0.0195. The average molecular weight is 1940 g/mol. The fraction of sp³-hybridized carbons (Fsp3) is 0.657. The predicted molar refractivity (Wildman–Crippen MR) is 506 cm³/mol. The number of halogens is 9. The lowest BCUT2D eigenvalue weighted by atomic mass is 9.67. The number of aromatic hydroxyl groups is 2. The highest BCUT2D eigenvalue weighted by Crippen LogP contribution is 2.53. The first-order valence-corrected chi connectivity index (χ1v) is 48.6. The molecule has 5 N–H and O–H groups in total. The molecule has 3 saturated carbocycles. The number of benzene rings is 5. The maximum absolute atomic E-state index is 13.3. The lowest BCUT2D eigenvalue weighted by Gasteiger charge is -2.46. The van der Waals surface area contributed by atoms with E-state index in [0.717, 1.165) is 107 Å². The summed E-state index contributed by atoms with van der Waals surface area (Å²) in [5, 5.41) is 47.5. The number of rotatable bonds is 26. The van der Waals surface area contributed by atoms with Crippen molar-refractivity contribution in [2.24, 2.45) is 44.8 Å².